The quantitative estimate of drug-likeness (QED) is 0.860. The topological polar surface area (TPSA) is 21.3 Å². The first-order chi connectivity index (χ1) is 6.31. The van der Waals surface area contributed by atoms with Crippen LogP contribution >= 0.6 is 15.9 Å². The van der Waals surface area contributed by atoms with Crippen molar-refractivity contribution in [1.82, 2.24) is 5.32 Å². The molecule has 3 heteroatoms. The van der Waals surface area contributed by atoms with Crippen LogP contribution in [0.5, 0.6) is 5.75 Å². The van der Waals surface area contributed by atoms with E-state index in [4.69, 9.17) is 4.74 Å². The Bertz CT molecular complexity index is 325. The Hall–Kier alpha value is -0.540. The van der Waals surface area contributed by atoms with Crippen molar-refractivity contribution in [2.24, 2.45) is 0 Å². The van der Waals surface area contributed by atoms with Crippen molar-refractivity contribution in [1.29, 1.82) is 0 Å². The van der Waals surface area contributed by atoms with Gasteiger partial charge in [0.05, 0.1) is 6.61 Å². The van der Waals surface area contributed by atoms with E-state index in [9.17, 15) is 0 Å². The van der Waals surface area contributed by atoms with Crippen molar-refractivity contribution in [2.45, 2.75) is 20.0 Å². The van der Waals surface area contributed by atoms with Crippen molar-refractivity contribution in [2.75, 3.05) is 6.61 Å². The molecule has 1 N–H and O–H groups in total. The monoisotopic (exact) mass is 241 g/mol. The predicted molar refractivity (Wildman–Crippen MR) is 55.9 cm³/mol. The maximum Gasteiger partial charge on any atom is 0.120 e. The summed E-state index contributed by atoms with van der Waals surface area (Å²) in [7, 11) is 0. The molecule has 0 aliphatic carbocycles. The van der Waals surface area contributed by atoms with E-state index in [0.29, 0.717) is 0 Å². The van der Waals surface area contributed by atoms with Crippen LogP contribution in [-0.4, -0.2) is 6.61 Å². The zero-order chi connectivity index (χ0) is 9.26. The van der Waals surface area contributed by atoms with Crippen molar-refractivity contribution in [3.05, 3.63) is 27.7 Å². The highest BCUT2D eigenvalue weighted by Gasteiger charge is 2.14. The predicted octanol–water partition coefficient (Wildman–Crippen LogP) is 2.45. The molecule has 0 spiro atoms. The van der Waals surface area contributed by atoms with Crippen molar-refractivity contribution in [3.63, 3.8) is 0 Å². The third kappa shape index (κ3) is 1.71. The summed E-state index contributed by atoms with van der Waals surface area (Å²) in [6.07, 6.45) is 0. The average molecular weight is 242 g/mol. The maximum absolute atomic E-state index is 5.45. The van der Waals surface area contributed by atoms with E-state index < -0.39 is 0 Å². The van der Waals surface area contributed by atoms with Gasteiger partial charge in [0.15, 0.2) is 0 Å². The van der Waals surface area contributed by atoms with Crippen LogP contribution in [0.15, 0.2) is 16.6 Å². The minimum atomic E-state index is 0.721. The van der Waals surface area contributed by atoms with Gasteiger partial charge >= 0.3 is 0 Å². The highest BCUT2D eigenvalue weighted by molar-refractivity contribution is 9.10. The second-order valence-electron chi connectivity index (χ2n) is 3.08. The van der Waals surface area contributed by atoms with Gasteiger partial charge in [-0.25, -0.2) is 0 Å². The van der Waals surface area contributed by atoms with Gasteiger partial charge in [-0.15, -0.1) is 0 Å². The molecular weight excluding hydrogens is 230 g/mol. The van der Waals surface area contributed by atoms with Gasteiger partial charge in [0, 0.05) is 17.6 Å². The van der Waals surface area contributed by atoms with Gasteiger partial charge in [0.1, 0.15) is 5.75 Å². The fraction of sp³-hybridized carbons (Fsp3) is 0.400. The van der Waals surface area contributed by atoms with Crippen LogP contribution in [0.1, 0.15) is 18.1 Å². The summed E-state index contributed by atoms with van der Waals surface area (Å²) >= 11 is 3.55. The van der Waals surface area contributed by atoms with Crippen LogP contribution in [0.4, 0.5) is 0 Å². The van der Waals surface area contributed by atoms with Crippen molar-refractivity contribution in [3.8, 4) is 5.75 Å². The standard InChI is InChI=1S/C10H12BrNO/c1-2-13-8-3-7-5-12-6-9(7)10(11)4-8/h3-4,12H,2,5-6H2,1H3. The Morgan fingerprint density at radius 3 is 3.08 bits per heavy atom. The molecule has 0 amide bonds. The minimum Gasteiger partial charge on any atom is -0.494 e. The second kappa shape index (κ2) is 3.68. The number of ether oxygens (including phenoxy) is 1. The molecule has 0 fully saturated rings. The van der Waals surface area contributed by atoms with Gasteiger partial charge < -0.3 is 10.1 Å². The first-order valence-corrected chi connectivity index (χ1v) is 5.25. The molecule has 1 heterocycles. The normalized spacial score (nSPS) is 14.3. The van der Waals surface area contributed by atoms with Gasteiger partial charge in [0.2, 0.25) is 0 Å². The lowest BCUT2D eigenvalue weighted by molar-refractivity contribution is 0.339. The van der Waals surface area contributed by atoms with Gasteiger partial charge in [-0.1, -0.05) is 15.9 Å². The third-order valence-corrected chi connectivity index (χ3v) is 2.90. The largest absolute Gasteiger partial charge is 0.494 e. The summed E-state index contributed by atoms with van der Waals surface area (Å²) in [6, 6.07) is 4.15. The highest BCUT2D eigenvalue weighted by atomic mass is 79.9. The van der Waals surface area contributed by atoms with Crippen molar-refractivity contribution >= 4 is 15.9 Å². The van der Waals surface area contributed by atoms with Gasteiger partial charge in [-0.05, 0) is 30.2 Å². The van der Waals surface area contributed by atoms with E-state index in [2.05, 4.69) is 27.3 Å². The highest BCUT2D eigenvalue weighted by Crippen LogP contribution is 2.29. The summed E-state index contributed by atoms with van der Waals surface area (Å²) in [6.45, 7) is 4.63. The molecule has 2 nitrogen and oxygen atoms in total. The molecule has 0 unspecified atom stereocenters. The number of hydrogen-bond donors (Lipinski definition) is 1. The molecule has 0 saturated carbocycles. The third-order valence-electron chi connectivity index (χ3n) is 2.19. The van der Waals surface area contributed by atoms with E-state index >= 15 is 0 Å². The number of rotatable bonds is 2. The molecule has 1 aliphatic heterocycles. The number of benzene rings is 1. The molecular formula is C10H12BrNO. The summed E-state index contributed by atoms with van der Waals surface area (Å²) in [4.78, 5) is 0. The van der Waals surface area contributed by atoms with Gasteiger partial charge in [0.25, 0.3) is 0 Å². The van der Waals surface area contributed by atoms with Crippen LogP contribution in [0.3, 0.4) is 0 Å². The molecule has 0 radical (unpaired) electrons. The Labute approximate surface area is 86.4 Å². The van der Waals surface area contributed by atoms with Crippen LogP contribution in [0, 0.1) is 0 Å². The van der Waals surface area contributed by atoms with Gasteiger partial charge in [-0.3, -0.25) is 0 Å². The second-order valence-corrected chi connectivity index (χ2v) is 3.93. The van der Waals surface area contributed by atoms with Crippen molar-refractivity contribution < 1.29 is 4.74 Å². The number of halogens is 1. The number of hydrogen-bond acceptors (Lipinski definition) is 2. The first kappa shape index (κ1) is 9.03. The van der Waals surface area contributed by atoms with E-state index in [1.165, 1.54) is 11.1 Å². The Balaban J connectivity index is 2.37. The summed E-state index contributed by atoms with van der Waals surface area (Å²) in [5.74, 6) is 0.955. The van der Waals surface area contributed by atoms with E-state index in [0.717, 1.165) is 29.9 Å². The Kier molecular flexibility index (Phi) is 2.56. The summed E-state index contributed by atoms with van der Waals surface area (Å²) in [5, 5.41) is 3.31. The zero-order valence-electron chi connectivity index (χ0n) is 7.56. The Morgan fingerprint density at radius 2 is 2.31 bits per heavy atom. The molecule has 0 bridgehead atoms. The smallest absolute Gasteiger partial charge is 0.120 e. The first-order valence-electron chi connectivity index (χ1n) is 4.46. The molecule has 0 atom stereocenters. The number of fused-ring (bicyclic) bond motifs is 1. The van der Waals surface area contributed by atoms with Crippen LogP contribution < -0.4 is 10.1 Å². The Morgan fingerprint density at radius 1 is 1.46 bits per heavy atom. The van der Waals surface area contributed by atoms with Crippen LogP contribution in [0.25, 0.3) is 0 Å². The lowest BCUT2D eigenvalue weighted by Gasteiger charge is -2.07. The molecule has 13 heavy (non-hydrogen) atoms. The van der Waals surface area contributed by atoms with Crippen LogP contribution in [-0.2, 0) is 13.1 Å². The number of nitrogens with one attached hydrogen (secondary N) is 1. The zero-order valence-corrected chi connectivity index (χ0v) is 9.15. The lowest BCUT2D eigenvalue weighted by atomic mass is 10.1. The van der Waals surface area contributed by atoms with E-state index in [1.807, 2.05) is 13.0 Å². The molecule has 2 rings (SSSR count). The summed E-state index contributed by atoms with van der Waals surface area (Å²) < 4.78 is 6.61. The molecule has 70 valence electrons. The average Bonchev–Trinajstić information content (AvgIpc) is 2.53. The molecule has 0 saturated heterocycles. The minimum absolute atomic E-state index is 0.721. The maximum atomic E-state index is 5.45. The fourth-order valence-electron chi connectivity index (χ4n) is 1.59. The SMILES string of the molecule is CCOc1cc(Br)c2c(c1)CNC2. The summed E-state index contributed by atoms with van der Waals surface area (Å²) in [5.41, 5.74) is 2.71. The lowest BCUT2D eigenvalue weighted by Crippen LogP contribution is -2.00. The molecule has 1 aromatic rings. The van der Waals surface area contributed by atoms with Gasteiger partial charge in [-0.2, -0.15) is 0 Å². The molecule has 1 aromatic carbocycles. The van der Waals surface area contributed by atoms with E-state index in [1.54, 1.807) is 0 Å². The van der Waals surface area contributed by atoms with Crippen LogP contribution in [0.2, 0.25) is 0 Å². The van der Waals surface area contributed by atoms with E-state index in [-0.39, 0.29) is 0 Å². The molecule has 1 aliphatic rings. The molecule has 0 aromatic heterocycles. The fourth-order valence-corrected chi connectivity index (χ4v) is 2.21.